The fourth-order valence-corrected chi connectivity index (χ4v) is 2.11. The van der Waals surface area contributed by atoms with Gasteiger partial charge in [0.2, 0.25) is 0 Å². The zero-order chi connectivity index (χ0) is 29.4. The zero-order valence-electron chi connectivity index (χ0n) is 26.5. The molecule has 1 saturated heterocycles. The van der Waals surface area contributed by atoms with Crippen LogP contribution in [0, 0.1) is 19.4 Å². The number of H-pyrrole nitrogens is 1. The Kier molecular flexibility index (Phi) is 1.71. The lowest BCUT2D eigenvalue weighted by Gasteiger charge is -2.41. The Balaban J connectivity index is 2.57. The smallest absolute Gasteiger partial charge is 0.302 e. The number of likely N-dealkylation sites (N-methyl/N-ethyl adjacent to an activating group) is 1. The maximum Gasteiger partial charge on any atom is 0.302 e. The average Bonchev–Trinajstić information content (AvgIpc) is 2.99. The number of anilines is 1. The maximum absolute atomic E-state index is 12.9. The van der Waals surface area contributed by atoms with Gasteiger partial charge >= 0.3 is 5.91 Å². The largest absolute Gasteiger partial charge is 0.354 e. The standard InChI is InChI=1S/C17H22N6O/c1-11-5-6-23(15(24)8-18-3)9-14(11)22(4)17-13-7-12(2)21-16(13)19-10-20-17/h7,10-11,14H,5-6,8-9H2,1-2,4H3,(H,19,20,21)/t11-,14+/m1/s1/i1D3,4D3,5D2,6D2,7D,9D2,14D. The highest BCUT2D eigenvalue weighted by atomic mass is 16.2. The molecule has 0 saturated carbocycles. The summed E-state index contributed by atoms with van der Waals surface area (Å²) >= 11 is 0. The van der Waals surface area contributed by atoms with E-state index in [-0.39, 0.29) is 27.7 Å². The van der Waals surface area contributed by atoms with Crippen molar-refractivity contribution in [1.29, 1.82) is 0 Å². The molecule has 7 nitrogen and oxygen atoms in total. The number of rotatable bonds is 3. The van der Waals surface area contributed by atoms with Crippen LogP contribution in [-0.4, -0.2) is 58.3 Å². The van der Waals surface area contributed by atoms with Crippen LogP contribution < -0.4 is 4.90 Å². The van der Waals surface area contributed by atoms with Crippen molar-refractivity contribution in [2.24, 2.45) is 5.92 Å². The first-order valence-electron chi connectivity index (χ1n) is 13.8. The van der Waals surface area contributed by atoms with Crippen LogP contribution in [0.1, 0.15) is 38.1 Å². The molecule has 2 aromatic rings. The predicted molar refractivity (Wildman–Crippen MR) is 92.6 cm³/mol. The van der Waals surface area contributed by atoms with Crippen molar-refractivity contribution < 1.29 is 24.0 Å². The molecular weight excluding hydrogens is 304 g/mol. The second-order valence-electron chi connectivity index (χ2n) is 4.86. The Bertz CT molecular complexity index is 1310. The molecule has 0 spiro atoms. The van der Waals surface area contributed by atoms with E-state index in [1.54, 1.807) is 0 Å². The summed E-state index contributed by atoms with van der Waals surface area (Å²) in [7, 11) is 0. The van der Waals surface area contributed by atoms with Crippen LogP contribution in [0.25, 0.3) is 15.9 Å². The number of hydrogen-bond donors (Lipinski definition) is 1. The van der Waals surface area contributed by atoms with Gasteiger partial charge in [-0.2, -0.15) is 0 Å². The fraction of sp³-hybridized carbons (Fsp3) is 0.529. The van der Waals surface area contributed by atoms with Gasteiger partial charge in [0.25, 0.3) is 6.54 Å². The van der Waals surface area contributed by atoms with E-state index >= 15 is 0 Å². The SMILES string of the molecule is [2H]c1c(C)[nH]c2ncnc(N(C([2H])([2H])[2H])[C@]3([2H])[C@H](C([2H])([2H])[2H])C([2H])([2H])C([2H])([2H])N(C(=O)C[N+]#[C-])C3([2H])[2H])c12. The highest BCUT2D eigenvalue weighted by molar-refractivity contribution is 5.88. The topological polar surface area (TPSA) is 69.5 Å². The summed E-state index contributed by atoms with van der Waals surface area (Å²) in [4.78, 5) is 25.5. The number of amides is 1. The molecule has 1 N–H and O–H groups in total. The Morgan fingerprint density at radius 2 is 2.62 bits per heavy atom. The van der Waals surface area contributed by atoms with Crippen LogP contribution in [0.2, 0.25) is 0 Å². The number of nitrogens with zero attached hydrogens (tertiary/aromatic N) is 5. The van der Waals surface area contributed by atoms with Crippen LogP contribution in [0.15, 0.2) is 12.4 Å². The van der Waals surface area contributed by atoms with Gasteiger partial charge in [0.15, 0.2) is 0 Å². The third-order valence-electron chi connectivity index (χ3n) is 3.18. The number of aromatic amines is 1. The normalized spacial score (nSPS) is 39.8. The Morgan fingerprint density at radius 3 is 3.38 bits per heavy atom. The molecule has 7 heteroatoms. The molecule has 1 aliphatic heterocycles. The number of piperidine rings is 1. The predicted octanol–water partition coefficient (Wildman–Crippen LogP) is 1.86. The Morgan fingerprint density at radius 1 is 1.75 bits per heavy atom. The minimum atomic E-state index is -3.90. The molecule has 0 radical (unpaired) electrons. The molecule has 2 atom stereocenters. The molecule has 1 aliphatic rings. The molecule has 0 aliphatic carbocycles. The van der Waals surface area contributed by atoms with Crippen molar-refractivity contribution in [2.75, 3.05) is 31.4 Å². The second kappa shape index (κ2) is 6.48. The van der Waals surface area contributed by atoms with Crippen molar-refractivity contribution >= 4 is 22.8 Å². The summed E-state index contributed by atoms with van der Waals surface area (Å²) in [6, 6.07) is -4.22. The van der Waals surface area contributed by atoms with Crippen molar-refractivity contribution in [3.05, 3.63) is 29.5 Å². The molecule has 3 heterocycles. The first kappa shape index (κ1) is 6.36. The summed E-state index contributed by atoms with van der Waals surface area (Å²) in [5.74, 6) is -5.53. The number of aromatic nitrogens is 3. The van der Waals surface area contributed by atoms with Crippen molar-refractivity contribution in [2.45, 2.75) is 26.2 Å². The number of likely N-dealkylation sites (tertiary alicyclic amines) is 1. The number of nitrogens with one attached hydrogen (secondary N) is 1. The first-order valence-corrected chi connectivity index (χ1v) is 6.77. The molecule has 0 bridgehead atoms. The molecule has 0 aromatic carbocycles. The summed E-state index contributed by atoms with van der Waals surface area (Å²) in [5, 5.41) is -0.360. The number of carbonyl (C=O) groups excluding carboxylic acids is 1. The molecule has 1 amide bonds. The Labute approximate surface area is 161 Å². The quantitative estimate of drug-likeness (QED) is 0.866. The average molecular weight is 340 g/mol. The van der Waals surface area contributed by atoms with Crippen molar-refractivity contribution in [3.8, 4) is 0 Å². The third kappa shape index (κ3) is 2.92. The van der Waals surface area contributed by atoms with E-state index < -0.39 is 68.3 Å². The lowest BCUT2D eigenvalue weighted by molar-refractivity contribution is -0.130. The summed E-state index contributed by atoms with van der Waals surface area (Å²) in [5.41, 5.74) is 0.0299. The maximum atomic E-state index is 12.9. The lowest BCUT2D eigenvalue weighted by Crippen LogP contribution is -2.53. The highest BCUT2D eigenvalue weighted by Gasteiger charge is 2.33. The molecule has 2 aromatic heterocycles. The van der Waals surface area contributed by atoms with Crippen LogP contribution in [0.3, 0.4) is 0 Å². The second-order valence-corrected chi connectivity index (χ2v) is 4.86. The van der Waals surface area contributed by atoms with E-state index in [0.29, 0.717) is 0 Å². The van der Waals surface area contributed by atoms with Crippen molar-refractivity contribution in [3.63, 3.8) is 0 Å². The van der Waals surface area contributed by atoms with E-state index in [1.807, 2.05) is 0 Å². The van der Waals surface area contributed by atoms with E-state index in [2.05, 4.69) is 19.8 Å². The fourth-order valence-electron chi connectivity index (χ4n) is 2.11. The molecule has 0 unspecified atom stereocenters. The van der Waals surface area contributed by atoms with Crippen LogP contribution in [0.4, 0.5) is 5.82 Å². The van der Waals surface area contributed by atoms with Gasteiger partial charge in [-0.1, -0.05) is 6.85 Å². The molecule has 24 heavy (non-hydrogen) atoms. The summed E-state index contributed by atoms with van der Waals surface area (Å²) < 4.78 is 117. The van der Waals surface area contributed by atoms with E-state index in [1.165, 1.54) is 6.92 Å². The molecule has 126 valence electrons. The monoisotopic (exact) mass is 340 g/mol. The number of aryl methyl sites for hydroxylation is 1. The van der Waals surface area contributed by atoms with Gasteiger partial charge in [-0.15, -0.1) is 0 Å². The van der Waals surface area contributed by atoms with Gasteiger partial charge in [0, 0.05) is 39.4 Å². The molecule has 3 rings (SSSR count). The van der Waals surface area contributed by atoms with E-state index in [4.69, 9.17) is 24.4 Å². The van der Waals surface area contributed by atoms with Crippen molar-refractivity contribution in [1.82, 2.24) is 19.9 Å². The van der Waals surface area contributed by atoms with Crippen LogP contribution >= 0.6 is 0 Å². The molecular formula is C17H22N6O. The Hall–Kier alpha value is -2.62. The number of carbonyl (C=O) groups is 1. The van der Waals surface area contributed by atoms with Gasteiger partial charge in [-0.3, -0.25) is 4.79 Å². The first-order chi connectivity index (χ1) is 17.0. The minimum Gasteiger partial charge on any atom is -0.354 e. The van der Waals surface area contributed by atoms with Crippen LogP contribution in [0.5, 0.6) is 0 Å². The van der Waals surface area contributed by atoms with Crippen LogP contribution in [-0.2, 0) is 4.79 Å². The van der Waals surface area contributed by atoms with Gasteiger partial charge < -0.3 is 19.6 Å². The third-order valence-corrected chi connectivity index (χ3v) is 3.18. The number of fused-ring (bicyclic) bond motifs is 1. The van der Waals surface area contributed by atoms with Gasteiger partial charge in [0.1, 0.15) is 17.8 Å². The van der Waals surface area contributed by atoms with E-state index in [9.17, 15) is 6.17 Å². The van der Waals surface area contributed by atoms with Gasteiger partial charge in [-0.05, 0) is 25.3 Å². The molecule has 1 fully saturated rings. The van der Waals surface area contributed by atoms with Gasteiger partial charge in [0.05, 0.1) is 16.9 Å². The summed E-state index contributed by atoms with van der Waals surface area (Å²) in [6.45, 7) is -7.87. The number of hydrogen-bond acceptors (Lipinski definition) is 4. The van der Waals surface area contributed by atoms with Gasteiger partial charge in [-0.25, -0.2) is 16.5 Å². The summed E-state index contributed by atoms with van der Waals surface area (Å²) in [6.07, 6.45) is -2.98. The minimum absolute atomic E-state index is 0.114. The highest BCUT2D eigenvalue weighted by Crippen LogP contribution is 2.29. The van der Waals surface area contributed by atoms with E-state index in [0.717, 1.165) is 6.33 Å². The zero-order valence-corrected chi connectivity index (χ0v) is 12.5. The lowest BCUT2D eigenvalue weighted by atomic mass is 9.92.